The molecule has 0 N–H and O–H groups in total. The van der Waals surface area contributed by atoms with E-state index in [4.69, 9.17) is 4.74 Å². The lowest BCUT2D eigenvalue weighted by Crippen LogP contribution is -2.29. The maximum atomic E-state index is 6.23. The SMILES string of the molecule is CCCC1CCC([C@H]2CC[C@H](c3ccc(Br)cc3)OC2)CC1. The van der Waals surface area contributed by atoms with Crippen LogP contribution in [0.5, 0.6) is 0 Å². The summed E-state index contributed by atoms with van der Waals surface area (Å²) in [6.07, 6.45) is 11.5. The molecule has 22 heavy (non-hydrogen) atoms. The molecular formula is C20H29BrO. The predicted molar refractivity (Wildman–Crippen MR) is 95.9 cm³/mol. The first-order chi connectivity index (χ1) is 10.8. The molecular weight excluding hydrogens is 336 g/mol. The molecule has 2 fully saturated rings. The smallest absolute Gasteiger partial charge is 0.0825 e. The van der Waals surface area contributed by atoms with Gasteiger partial charge in [0, 0.05) is 4.47 Å². The monoisotopic (exact) mass is 364 g/mol. The normalized spacial score (nSPS) is 32.8. The van der Waals surface area contributed by atoms with Crippen LogP contribution in [0, 0.1) is 17.8 Å². The van der Waals surface area contributed by atoms with Crippen molar-refractivity contribution in [2.24, 2.45) is 17.8 Å². The van der Waals surface area contributed by atoms with E-state index >= 15 is 0 Å². The fourth-order valence-corrected chi connectivity index (χ4v) is 4.70. The zero-order valence-electron chi connectivity index (χ0n) is 13.8. The van der Waals surface area contributed by atoms with Gasteiger partial charge < -0.3 is 4.74 Å². The Morgan fingerprint density at radius 1 is 0.955 bits per heavy atom. The Morgan fingerprint density at radius 3 is 2.23 bits per heavy atom. The second kappa shape index (κ2) is 7.97. The van der Waals surface area contributed by atoms with Crippen LogP contribution in [0.25, 0.3) is 0 Å². The van der Waals surface area contributed by atoms with Gasteiger partial charge >= 0.3 is 0 Å². The van der Waals surface area contributed by atoms with Crippen molar-refractivity contribution in [2.75, 3.05) is 6.61 Å². The Labute approximate surface area is 144 Å². The summed E-state index contributed by atoms with van der Waals surface area (Å²) in [4.78, 5) is 0. The van der Waals surface area contributed by atoms with Crippen LogP contribution in [0.15, 0.2) is 28.7 Å². The van der Waals surface area contributed by atoms with Crippen molar-refractivity contribution < 1.29 is 4.74 Å². The van der Waals surface area contributed by atoms with Gasteiger partial charge in [-0.05, 0) is 61.1 Å². The van der Waals surface area contributed by atoms with Gasteiger partial charge in [0.05, 0.1) is 12.7 Å². The molecule has 2 aliphatic rings. The lowest BCUT2D eigenvalue weighted by atomic mass is 9.73. The molecule has 3 rings (SSSR count). The van der Waals surface area contributed by atoms with Crippen molar-refractivity contribution in [1.82, 2.24) is 0 Å². The zero-order chi connectivity index (χ0) is 15.4. The molecule has 2 heteroatoms. The van der Waals surface area contributed by atoms with Crippen molar-refractivity contribution >= 4 is 15.9 Å². The van der Waals surface area contributed by atoms with Gasteiger partial charge in [0.1, 0.15) is 0 Å². The largest absolute Gasteiger partial charge is 0.373 e. The summed E-state index contributed by atoms with van der Waals surface area (Å²) in [6.45, 7) is 3.30. The van der Waals surface area contributed by atoms with E-state index in [1.807, 2.05) is 0 Å². The van der Waals surface area contributed by atoms with Crippen LogP contribution in [0.4, 0.5) is 0 Å². The molecule has 1 aromatic carbocycles. The molecule has 0 radical (unpaired) electrons. The van der Waals surface area contributed by atoms with Crippen LogP contribution in [-0.2, 0) is 4.74 Å². The lowest BCUT2D eigenvalue weighted by molar-refractivity contribution is -0.0404. The average Bonchev–Trinajstić information content (AvgIpc) is 2.57. The average molecular weight is 365 g/mol. The van der Waals surface area contributed by atoms with Gasteiger partial charge in [-0.15, -0.1) is 0 Å². The van der Waals surface area contributed by atoms with Gasteiger partial charge in [-0.1, -0.05) is 60.7 Å². The molecule has 0 spiro atoms. The van der Waals surface area contributed by atoms with Gasteiger partial charge in [0.15, 0.2) is 0 Å². The van der Waals surface area contributed by atoms with Crippen molar-refractivity contribution in [1.29, 1.82) is 0 Å². The summed E-state index contributed by atoms with van der Waals surface area (Å²) >= 11 is 3.51. The molecule has 1 aromatic rings. The summed E-state index contributed by atoms with van der Waals surface area (Å²) in [5.41, 5.74) is 1.34. The van der Waals surface area contributed by atoms with E-state index in [-0.39, 0.29) is 0 Å². The van der Waals surface area contributed by atoms with E-state index in [0.29, 0.717) is 6.10 Å². The van der Waals surface area contributed by atoms with Gasteiger partial charge in [-0.2, -0.15) is 0 Å². The van der Waals surface area contributed by atoms with E-state index in [9.17, 15) is 0 Å². The molecule has 122 valence electrons. The Bertz CT molecular complexity index is 439. The maximum Gasteiger partial charge on any atom is 0.0825 e. The molecule has 1 saturated carbocycles. The predicted octanol–water partition coefficient (Wildman–Crippen LogP) is 6.52. The first-order valence-corrected chi connectivity index (χ1v) is 9.92. The van der Waals surface area contributed by atoms with Crippen molar-refractivity contribution in [3.8, 4) is 0 Å². The van der Waals surface area contributed by atoms with E-state index in [0.717, 1.165) is 28.8 Å². The number of benzene rings is 1. The summed E-state index contributed by atoms with van der Waals surface area (Å²) in [5.74, 6) is 2.76. The third-order valence-corrected chi connectivity index (χ3v) is 6.34. The highest BCUT2D eigenvalue weighted by Crippen LogP contribution is 2.41. The van der Waals surface area contributed by atoms with Crippen molar-refractivity contribution in [3.05, 3.63) is 34.3 Å². The Balaban J connectivity index is 1.47. The molecule has 0 amide bonds. The van der Waals surface area contributed by atoms with Crippen LogP contribution in [-0.4, -0.2) is 6.61 Å². The first-order valence-electron chi connectivity index (χ1n) is 9.13. The Kier molecular flexibility index (Phi) is 5.98. The van der Waals surface area contributed by atoms with Crippen LogP contribution in [0.1, 0.15) is 70.0 Å². The van der Waals surface area contributed by atoms with Crippen LogP contribution >= 0.6 is 15.9 Å². The summed E-state index contributed by atoms with van der Waals surface area (Å²) in [6, 6.07) is 8.65. The Hall–Kier alpha value is -0.340. The second-order valence-corrected chi connectivity index (χ2v) is 8.20. The zero-order valence-corrected chi connectivity index (χ0v) is 15.4. The molecule has 1 heterocycles. The number of halogens is 1. The van der Waals surface area contributed by atoms with Crippen molar-refractivity contribution in [3.63, 3.8) is 0 Å². The molecule has 0 unspecified atom stereocenters. The topological polar surface area (TPSA) is 9.23 Å². The number of hydrogen-bond donors (Lipinski definition) is 0. The van der Waals surface area contributed by atoms with E-state index in [1.54, 1.807) is 0 Å². The third kappa shape index (κ3) is 4.14. The van der Waals surface area contributed by atoms with Gasteiger partial charge in [0.2, 0.25) is 0 Å². The molecule has 2 atom stereocenters. The summed E-state index contributed by atoms with van der Waals surface area (Å²) < 4.78 is 7.38. The summed E-state index contributed by atoms with van der Waals surface area (Å²) in [7, 11) is 0. The highest BCUT2D eigenvalue weighted by molar-refractivity contribution is 9.10. The fraction of sp³-hybridized carbons (Fsp3) is 0.700. The van der Waals surface area contributed by atoms with Crippen LogP contribution < -0.4 is 0 Å². The van der Waals surface area contributed by atoms with Crippen LogP contribution in [0.3, 0.4) is 0 Å². The fourth-order valence-electron chi connectivity index (χ4n) is 4.44. The molecule has 0 aromatic heterocycles. The van der Waals surface area contributed by atoms with Crippen molar-refractivity contribution in [2.45, 2.75) is 64.4 Å². The quantitative estimate of drug-likeness (QED) is 0.590. The number of ether oxygens (including phenoxy) is 1. The first kappa shape index (κ1) is 16.5. The minimum Gasteiger partial charge on any atom is -0.373 e. The molecule has 1 aliphatic carbocycles. The number of rotatable bonds is 4. The van der Waals surface area contributed by atoms with Gasteiger partial charge in [0.25, 0.3) is 0 Å². The van der Waals surface area contributed by atoms with Gasteiger partial charge in [-0.25, -0.2) is 0 Å². The van der Waals surface area contributed by atoms with E-state index in [2.05, 4.69) is 47.1 Å². The Morgan fingerprint density at radius 2 is 1.64 bits per heavy atom. The third-order valence-electron chi connectivity index (χ3n) is 5.81. The highest BCUT2D eigenvalue weighted by atomic mass is 79.9. The second-order valence-electron chi connectivity index (χ2n) is 7.28. The van der Waals surface area contributed by atoms with E-state index in [1.165, 1.54) is 56.9 Å². The molecule has 1 nitrogen and oxygen atoms in total. The highest BCUT2D eigenvalue weighted by Gasteiger charge is 2.31. The lowest BCUT2D eigenvalue weighted by Gasteiger charge is -2.38. The maximum absolute atomic E-state index is 6.23. The van der Waals surface area contributed by atoms with E-state index < -0.39 is 0 Å². The minimum atomic E-state index is 0.320. The molecule has 1 aliphatic heterocycles. The standard InChI is InChI=1S/C20H29BrO/c1-2-3-15-4-6-16(7-5-15)18-10-13-20(22-14-18)17-8-11-19(21)12-9-17/h8-9,11-12,15-16,18,20H,2-7,10,13-14H2,1H3/t15?,16?,18-,20+/m0/s1. The molecule has 0 bridgehead atoms. The number of hydrogen-bond acceptors (Lipinski definition) is 1. The minimum absolute atomic E-state index is 0.320. The van der Waals surface area contributed by atoms with Gasteiger partial charge in [-0.3, -0.25) is 0 Å². The van der Waals surface area contributed by atoms with Crippen LogP contribution in [0.2, 0.25) is 0 Å². The molecule has 1 saturated heterocycles. The summed E-state index contributed by atoms with van der Waals surface area (Å²) in [5, 5.41) is 0.